The molecule has 0 saturated heterocycles. The highest BCUT2D eigenvalue weighted by atomic mass is 35.5. The maximum Gasteiger partial charge on any atom is 0.305 e. The quantitative estimate of drug-likeness (QED) is 0.253. The number of nitrogens with zero attached hydrogens (tertiary/aromatic N) is 1. The predicted molar refractivity (Wildman–Crippen MR) is 143 cm³/mol. The summed E-state index contributed by atoms with van der Waals surface area (Å²) < 4.78 is 18.7. The lowest BCUT2D eigenvalue weighted by Crippen LogP contribution is -2.26. The van der Waals surface area contributed by atoms with Crippen LogP contribution in [0.1, 0.15) is 42.6 Å². The van der Waals surface area contributed by atoms with Crippen molar-refractivity contribution < 1.29 is 23.8 Å². The molecule has 2 aromatic carbocycles. The molecule has 0 bridgehead atoms. The van der Waals surface area contributed by atoms with Crippen molar-refractivity contribution in [3.63, 3.8) is 0 Å². The van der Waals surface area contributed by atoms with Gasteiger partial charge in [0.25, 0.3) is 5.91 Å². The fourth-order valence-corrected chi connectivity index (χ4v) is 4.16. The molecule has 0 aliphatic rings. The van der Waals surface area contributed by atoms with E-state index in [2.05, 4.69) is 29.5 Å². The van der Waals surface area contributed by atoms with E-state index in [-0.39, 0.29) is 30.8 Å². The summed E-state index contributed by atoms with van der Waals surface area (Å²) in [4.78, 5) is 27.0. The molecule has 1 aromatic heterocycles. The molecule has 3 aromatic rings. The van der Waals surface area contributed by atoms with Gasteiger partial charge in [-0.05, 0) is 61.2 Å². The molecule has 9 heteroatoms. The SMILES string of the molecule is C[C@H](COc1ccc(-c2ccc(CF)cc2Cl)cn1)C[C@H](C)Nc1ccc(C(=O)NCCC(=O)O)cc1. The number of carboxylic acids is 1. The summed E-state index contributed by atoms with van der Waals surface area (Å²) in [5.74, 6) is -0.479. The zero-order valence-corrected chi connectivity index (χ0v) is 21.6. The number of carbonyl (C=O) groups is 2. The van der Waals surface area contributed by atoms with Crippen molar-refractivity contribution in [2.45, 2.75) is 39.4 Å². The van der Waals surface area contributed by atoms with Crippen LogP contribution in [0.4, 0.5) is 10.1 Å². The van der Waals surface area contributed by atoms with Gasteiger partial charge in [-0.3, -0.25) is 9.59 Å². The molecule has 3 N–H and O–H groups in total. The predicted octanol–water partition coefficient (Wildman–Crippen LogP) is 5.98. The normalized spacial score (nSPS) is 12.4. The first-order chi connectivity index (χ1) is 17.7. The second-order valence-corrected chi connectivity index (χ2v) is 9.41. The van der Waals surface area contributed by atoms with Crippen molar-refractivity contribution in [3.8, 4) is 17.0 Å². The Morgan fingerprint density at radius 3 is 2.49 bits per heavy atom. The van der Waals surface area contributed by atoms with E-state index < -0.39 is 12.6 Å². The van der Waals surface area contributed by atoms with Gasteiger partial charge in [0.15, 0.2) is 0 Å². The highest BCUT2D eigenvalue weighted by Gasteiger charge is 2.12. The second-order valence-electron chi connectivity index (χ2n) is 9.01. The average Bonchev–Trinajstić information content (AvgIpc) is 2.88. The van der Waals surface area contributed by atoms with Crippen LogP contribution in [0.2, 0.25) is 5.02 Å². The lowest BCUT2D eigenvalue weighted by molar-refractivity contribution is -0.136. The van der Waals surface area contributed by atoms with E-state index >= 15 is 0 Å². The van der Waals surface area contributed by atoms with Crippen molar-refractivity contribution in [3.05, 3.63) is 76.9 Å². The lowest BCUT2D eigenvalue weighted by Gasteiger charge is -2.20. The number of halogens is 2. The van der Waals surface area contributed by atoms with Gasteiger partial charge in [0, 0.05) is 52.3 Å². The summed E-state index contributed by atoms with van der Waals surface area (Å²) in [6.45, 7) is 4.21. The molecule has 0 fully saturated rings. The molecule has 0 aliphatic carbocycles. The van der Waals surface area contributed by atoms with E-state index in [1.54, 1.807) is 42.6 Å². The van der Waals surface area contributed by atoms with Gasteiger partial charge in [-0.15, -0.1) is 0 Å². The Kier molecular flexibility index (Phi) is 10.3. The Labute approximate surface area is 221 Å². The Hall–Kier alpha value is -3.65. The minimum absolute atomic E-state index is 0.0918. The Morgan fingerprint density at radius 2 is 1.86 bits per heavy atom. The van der Waals surface area contributed by atoms with Crippen LogP contribution in [0.15, 0.2) is 60.8 Å². The number of amides is 1. The highest BCUT2D eigenvalue weighted by molar-refractivity contribution is 6.33. The maximum atomic E-state index is 12.8. The van der Waals surface area contributed by atoms with Crippen LogP contribution in [-0.4, -0.2) is 41.2 Å². The fourth-order valence-electron chi connectivity index (χ4n) is 3.85. The number of pyridine rings is 1. The molecular formula is C28H31ClFN3O4. The van der Waals surface area contributed by atoms with Crippen molar-refractivity contribution >= 4 is 29.2 Å². The van der Waals surface area contributed by atoms with Gasteiger partial charge < -0.3 is 20.5 Å². The van der Waals surface area contributed by atoms with Crippen LogP contribution in [0.3, 0.4) is 0 Å². The zero-order chi connectivity index (χ0) is 26.8. The number of benzene rings is 2. The number of anilines is 1. The number of rotatable bonds is 13. The Balaban J connectivity index is 1.43. The van der Waals surface area contributed by atoms with E-state index in [4.69, 9.17) is 21.4 Å². The molecule has 0 radical (unpaired) electrons. The number of aromatic nitrogens is 1. The van der Waals surface area contributed by atoms with Crippen molar-refractivity contribution in [2.24, 2.45) is 5.92 Å². The van der Waals surface area contributed by atoms with E-state index in [0.717, 1.165) is 23.2 Å². The largest absolute Gasteiger partial charge is 0.481 e. The molecule has 2 atom stereocenters. The summed E-state index contributed by atoms with van der Waals surface area (Å²) in [6, 6.07) is 16.0. The minimum Gasteiger partial charge on any atom is -0.481 e. The van der Waals surface area contributed by atoms with Crippen molar-refractivity contribution in [1.82, 2.24) is 10.3 Å². The van der Waals surface area contributed by atoms with Gasteiger partial charge in [-0.2, -0.15) is 0 Å². The van der Waals surface area contributed by atoms with Gasteiger partial charge in [-0.1, -0.05) is 30.7 Å². The first-order valence-electron chi connectivity index (χ1n) is 12.1. The van der Waals surface area contributed by atoms with Crippen molar-refractivity contribution in [1.29, 1.82) is 0 Å². The number of nitrogens with one attached hydrogen (secondary N) is 2. The van der Waals surface area contributed by atoms with E-state index in [9.17, 15) is 14.0 Å². The van der Waals surface area contributed by atoms with Gasteiger partial charge in [0.05, 0.1) is 13.0 Å². The van der Waals surface area contributed by atoms with Gasteiger partial charge in [-0.25, -0.2) is 9.37 Å². The summed E-state index contributed by atoms with van der Waals surface area (Å²) >= 11 is 6.27. The van der Waals surface area contributed by atoms with E-state index in [0.29, 0.717) is 28.6 Å². The average molecular weight is 528 g/mol. The van der Waals surface area contributed by atoms with Crippen LogP contribution < -0.4 is 15.4 Å². The molecule has 1 amide bonds. The summed E-state index contributed by atoms with van der Waals surface area (Å²) in [5, 5.41) is 15.1. The van der Waals surface area contributed by atoms with E-state index in [1.165, 1.54) is 0 Å². The number of ether oxygens (including phenoxy) is 1. The third-order valence-electron chi connectivity index (χ3n) is 5.69. The second kappa shape index (κ2) is 13.6. The number of hydrogen-bond donors (Lipinski definition) is 3. The van der Waals surface area contributed by atoms with Crippen LogP contribution >= 0.6 is 11.6 Å². The summed E-state index contributed by atoms with van der Waals surface area (Å²) in [7, 11) is 0. The van der Waals surface area contributed by atoms with Gasteiger partial charge in [0.1, 0.15) is 6.67 Å². The van der Waals surface area contributed by atoms with Gasteiger partial charge in [0.2, 0.25) is 5.88 Å². The monoisotopic (exact) mass is 527 g/mol. The van der Waals surface area contributed by atoms with Crippen molar-refractivity contribution in [2.75, 3.05) is 18.5 Å². The molecule has 0 unspecified atom stereocenters. The number of hydrogen-bond acceptors (Lipinski definition) is 5. The topological polar surface area (TPSA) is 101 Å². The first-order valence-corrected chi connectivity index (χ1v) is 12.4. The Bertz CT molecular complexity index is 1190. The molecule has 196 valence electrons. The number of alkyl halides is 1. The van der Waals surface area contributed by atoms with Crippen LogP contribution in [0.5, 0.6) is 5.88 Å². The third kappa shape index (κ3) is 8.75. The Morgan fingerprint density at radius 1 is 1.11 bits per heavy atom. The zero-order valence-electron chi connectivity index (χ0n) is 20.8. The molecular weight excluding hydrogens is 497 g/mol. The van der Waals surface area contributed by atoms with Crippen LogP contribution in [0, 0.1) is 5.92 Å². The first kappa shape index (κ1) is 27.9. The summed E-state index contributed by atoms with van der Waals surface area (Å²) in [6.07, 6.45) is 2.43. The van der Waals surface area contributed by atoms with E-state index in [1.807, 2.05) is 18.2 Å². The number of carbonyl (C=O) groups excluding carboxylic acids is 1. The summed E-state index contributed by atoms with van der Waals surface area (Å²) in [5.41, 5.74) is 3.52. The molecule has 0 aliphatic heterocycles. The standard InChI is InChI=1S/C28H31ClFN3O4/c1-18(13-19(2)33-23-7-4-21(5-8-23)28(36)31-12-11-27(34)35)17-37-26-10-6-22(16-32-26)24-9-3-20(15-30)14-25(24)29/h3-10,14,16,18-19,33H,11-13,15,17H2,1-2H3,(H,31,36)(H,34,35)/t18-,19-/m0/s1. The molecule has 0 spiro atoms. The third-order valence-corrected chi connectivity index (χ3v) is 6.00. The molecule has 1 heterocycles. The number of aliphatic carboxylic acids is 1. The lowest BCUT2D eigenvalue weighted by atomic mass is 10.0. The fraction of sp³-hybridized carbons (Fsp3) is 0.321. The van der Waals surface area contributed by atoms with Gasteiger partial charge >= 0.3 is 5.97 Å². The minimum atomic E-state index is -0.953. The van der Waals surface area contributed by atoms with Crippen LogP contribution in [0.25, 0.3) is 11.1 Å². The molecule has 3 rings (SSSR count). The number of carboxylic acid groups (broad SMARTS) is 1. The molecule has 7 nitrogen and oxygen atoms in total. The van der Waals surface area contributed by atoms with Crippen LogP contribution in [-0.2, 0) is 11.5 Å². The molecule has 0 saturated carbocycles. The highest BCUT2D eigenvalue weighted by Crippen LogP contribution is 2.29. The maximum absolute atomic E-state index is 12.8. The molecule has 37 heavy (non-hydrogen) atoms. The smallest absolute Gasteiger partial charge is 0.305 e.